The Labute approximate surface area is 121 Å². The minimum Gasteiger partial charge on any atom is -0.372 e. The Bertz CT molecular complexity index is 624. The molecular formula is C16H16BrNO. The predicted molar refractivity (Wildman–Crippen MR) is 79.8 cm³/mol. The summed E-state index contributed by atoms with van der Waals surface area (Å²) in [5.41, 5.74) is 12.5. The van der Waals surface area contributed by atoms with E-state index in [2.05, 4.69) is 47.1 Å². The van der Waals surface area contributed by atoms with Crippen molar-refractivity contribution in [1.29, 1.82) is 0 Å². The number of hydrogen-bond acceptors (Lipinski definition) is 2. The Hall–Kier alpha value is -1.16. The van der Waals surface area contributed by atoms with Crippen molar-refractivity contribution in [2.24, 2.45) is 5.73 Å². The number of hydrogen-bond donors (Lipinski definition) is 1. The van der Waals surface area contributed by atoms with Crippen LogP contribution < -0.4 is 5.73 Å². The molecule has 0 amide bonds. The van der Waals surface area contributed by atoms with Gasteiger partial charge in [0.05, 0.1) is 19.3 Å². The molecule has 3 heteroatoms. The van der Waals surface area contributed by atoms with Crippen molar-refractivity contribution in [3.8, 4) is 0 Å². The summed E-state index contributed by atoms with van der Waals surface area (Å²) in [7, 11) is 0. The molecule has 98 valence electrons. The molecule has 1 heterocycles. The van der Waals surface area contributed by atoms with E-state index in [0.29, 0.717) is 6.61 Å². The monoisotopic (exact) mass is 317 g/mol. The Morgan fingerprint density at radius 2 is 1.95 bits per heavy atom. The summed E-state index contributed by atoms with van der Waals surface area (Å²) in [4.78, 5) is 0. The number of ether oxygens (including phenoxy) is 1. The lowest BCUT2D eigenvalue weighted by Crippen LogP contribution is -2.13. The van der Waals surface area contributed by atoms with E-state index in [-0.39, 0.29) is 6.04 Å². The highest BCUT2D eigenvalue weighted by Crippen LogP contribution is 2.30. The van der Waals surface area contributed by atoms with Crippen LogP contribution in [0.5, 0.6) is 0 Å². The standard InChI is InChI=1S/C16H16BrNO/c1-10-14(3-2-4-15(10)17)16(18)11-5-6-12-8-19-9-13(12)7-11/h2-7,16H,8-9,18H2,1H3. The summed E-state index contributed by atoms with van der Waals surface area (Å²) in [5.74, 6) is 0. The Balaban J connectivity index is 2.00. The van der Waals surface area contributed by atoms with Gasteiger partial charge in [-0.05, 0) is 40.8 Å². The molecule has 0 saturated heterocycles. The molecule has 0 bridgehead atoms. The summed E-state index contributed by atoms with van der Waals surface area (Å²) in [6, 6.07) is 12.5. The normalized spacial score (nSPS) is 15.3. The smallest absolute Gasteiger partial charge is 0.0725 e. The highest BCUT2D eigenvalue weighted by Gasteiger charge is 2.16. The maximum atomic E-state index is 6.42. The van der Waals surface area contributed by atoms with Crippen LogP contribution in [0.3, 0.4) is 0 Å². The quantitative estimate of drug-likeness (QED) is 0.913. The molecule has 0 aromatic heterocycles. The molecule has 0 saturated carbocycles. The molecule has 2 aromatic rings. The molecule has 2 N–H and O–H groups in total. The molecule has 2 aromatic carbocycles. The van der Waals surface area contributed by atoms with Crippen LogP contribution in [0.15, 0.2) is 40.9 Å². The van der Waals surface area contributed by atoms with Gasteiger partial charge in [-0.1, -0.05) is 46.3 Å². The number of rotatable bonds is 2. The van der Waals surface area contributed by atoms with Gasteiger partial charge in [-0.2, -0.15) is 0 Å². The zero-order valence-electron chi connectivity index (χ0n) is 10.8. The van der Waals surface area contributed by atoms with Crippen LogP contribution in [0.1, 0.15) is 33.9 Å². The molecule has 1 unspecified atom stereocenters. The van der Waals surface area contributed by atoms with Gasteiger partial charge >= 0.3 is 0 Å². The maximum absolute atomic E-state index is 6.42. The first-order valence-electron chi connectivity index (χ1n) is 6.37. The third-order valence-electron chi connectivity index (χ3n) is 3.75. The first-order chi connectivity index (χ1) is 9.16. The fraction of sp³-hybridized carbons (Fsp3) is 0.250. The van der Waals surface area contributed by atoms with Crippen LogP contribution in [-0.2, 0) is 18.0 Å². The van der Waals surface area contributed by atoms with Gasteiger partial charge in [0.2, 0.25) is 0 Å². The Kier molecular flexibility index (Phi) is 3.44. The average molecular weight is 318 g/mol. The van der Waals surface area contributed by atoms with Crippen LogP contribution in [0.25, 0.3) is 0 Å². The summed E-state index contributed by atoms with van der Waals surface area (Å²) in [6.07, 6.45) is 0. The van der Waals surface area contributed by atoms with Gasteiger partial charge in [0.15, 0.2) is 0 Å². The number of benzene rings is 2. The third kappa shape index (κ3) is 2.34. The highest BCUT2D eigenvalue weighted by atomic mass is 79.9. The van der Waals surface area contributed by atoms with Gasteiger partial charge in [0, 0.05) is 4.47 Å². The van der Waals surface area contributed by atoms with E-state index in [1.807, 2.05) is 12.1 Å². The van der Waals surface area contributed by atoms with Crippen LogP contribution >= 0.6 is 15.9 Å². The predicted octanol–water partition coefficient (Wildman–Crippen LogP) is 3.84. The fourth-order valence-corrected chi connectivity index (χ4v) is 2.91. The zero-order valence-corrected chi connectivity index (χ0v) is 12.4. The number of nitrogens with two attached hydrogens (primary N) is 1. The SMILES string of the molecule is Cc1c(Br)cccc1C(N)c1ccc2c(c1)COC2. The van der Waals surface area contributed by atoms with Crippen molar-refractivity contribution >= 4 is 15.9 Å². The topological polar surface area (TPSA) is 35.2 Å². The molecular weight excluding hydrogens is 302 g/mol. The van der Waals surface area contributed by atoms with E-state index in [1.165, 1.54) is 16.7 Å². The molecule has 19 heavy (non-hydrogen) atoms. The van der Waals surface area contributed by atoms with Crippen LogP contribution in [0, 0.1) is 6.92 Å². The summed E-state index contributed by atoms with van der Waals surface area (Å²) >= 11 is 3.56. The average Bonchev–Trinajstić information content (AvgIpc) is 2.88. The second-order valence-corrected chi connectivity index (χ2v) is 5.81. The molecule has 1 atom stereocenters. The lowest BCUT2D eigenvalue weighted by molar-refractivity contribution is 0.134. The van der Waals surface area contributed by atoms with Gasteiger partial charge in [-0.3, -0.25) is 0 Å². The zero-order chi connectivity index (χ0) is 13.4. The summed E-state index contributed by atoms with van der Waals surface area (Å²) in [6.45, 7) is 3.52. The van der Waals surface area contributed by atoms with Crippen molar-refractivity contribution in [3.63, 3.8) is 0 Å². The molecule has 1 aliphatic rings. The van der Waals surface area contributed by atoms with Crippen LogP contribution in [0.4, 0.5) is 0 Å². The van der Waals surface area contributed by atoms with Crippen molar-refractivity contribution in [2.75, 3.05) is 0 Å². The van der Waals surface area contributed by atoms with Crippen LogP contribution in [0.2, 0.25) is 0 Å². The largest absolute Gasteiger partial charge is 0.372 e. The minimum absolute atomic E-state index is 0.0941. The molecule has 1 aliphatic heterocycles. The first-order valence-corrected chi connectivity index (χ1v) is 7.16. The van der Waals surface area contributed by atoms with Crippen molar-refractivity contribution in [2.45, 2.75) is 26.2 Å². The number of fused-ring (bicyclic) bond motifs is 1. The second kappa shape index (κ2) is 5.08. The van der Waals surface area contributed by atoms with Gasteiger partial charge in [0.1, 0.15) is 0 Å². The van der Waals surface area contributed by atoms with Crippen molar-refractivity contribution in [3.05, 3.63) is 68.7 Å². The minimum atomic E-state index is -0.0941. The summed E-state index contributed by atoms with van der Waals surface area (Å²) in [5, 5.41) is 0. The van der Waals surface area contributed by atoms with Gasteiger partial charge in [-0.15, -0.1) is 0 Å². The Morgan fingerprint density at radius 3 is 2.79 bits per heavy atom. The van der Waals surface area contributed by atoms with E-state index < -0.39 is 0 Å². The van der Waals surface area contributed by atoms with Gasteiger partial charge in [-0.25, -0.2) is 0 Å². The highest BCUT2D eigenvalue weighted by molar-refractivity contribution is 9.10. The van der Waals surface area contributed by atoms with Gasteiger partial charge < -0.3 is 10.5 Å². The molecule has 2 nitrogen and oxygen atoms in total. The molecule has 0 spiro atoms. The molecule has 0 fully saturated rings. The van der Waals surface area contributed by atoms with E-state index in [4.69, 9.17) is 10.5 Å². The van der Waals surface area contributed by atoms with Crippen molar-refractivity contribution < 1.29 is 4.74 Å². The second-order valence-electron chi connectivity index (χ2n) is 4.95. The van der Waals surface area contributed by atoms with Crippen LogP contribution in [-0.4, -0.2) is 0 Å². The van der Waals surface area contributed by atoms with Gasteiger partial charge in [0.25, 0.3) is 0 Å². The molecule has 0 aliphatic carbocycles. The van der Waals surface area contributed by atoms with E-state index in [1.54, 1.807) is 0 Å². The lowest BCUT2D eigenvalue weighted by atomic mass is 9.94. The fourth-order valence-electron chi connectivity index (χ4n) is 2.53. The maximum Gasteiger partial charge on any atom is 0.0725 e. The van der Waals surface area contributed by atoms with Crippen molar-refractivity contribution in [1.82, 2.24) is 0 Å². The molecule has 3 rings (SSSR count). The third-order valence-corrected chi connectivity index (χ3v) is 4.61. The summed E-state index contributed by atoms with van der Waals surface area (Å²) < 4.78 is 6.55. The lowest BCUT2D eigenvalue weighted by Gasteiger charge is -2.17. The van der Waals surface area contributed by atoms with E-state index >= 15 is 0 Å². The van der Waals surface area contributed by atoms with E-state index in [9.17, 15) is 0 Å². The molecule has 0 radical (unpaired) electrons. The Morgan fingerprint density at radius 1 is 1.16 bits per heavy atom. The number of halogens is 1. The first kappa shape index (κ1) is 12.9. The van der Waals surface area contributed by atoms with E-state index in [0.717, 1.165) is 22.2 Å².